The van der Waals surface area contributed by atoms with Gasteiger partial charge < -0.3 is 24.0 Å². The van der Waals surface area contributed by atoms with Crippen LogP contribution in [-0.4, -0.2) is 19.1 Å². The van der Waals surface area contributed by atoms with E-state index in [2.05, 4.69) is 83.2 Å². The van der Waals surface area contributed by atoms with Crippen LogP contribution in [0, 0.1) is 14.9 Å². The molecule has 4 nitrogen and oxygen atoms in total. The molecule has 0 spiro atoms. The summed E-state index contributed by atoms with van der Waals surface area (Å²) in [4.78, 5) is 8.73. The number of benzene rings is 2. The molecule has 2 aromatic heterocycles. The van der Waals surface area contributed by atoms with Crippen molar-refractivity contribution in [1.82, 2.24) is 19.1 Å². The molecule has 0 N–H and O–H groups in total. The van der Waals surface area contributed by atoms with E-state index in [0.717, 1.165) is 11.0 Å². The van der Waals surface area contributed by atoms with Crippen LogP contribution < -0.4 is 0 Å². The van der Waals surface area contributed by atoms with E-state index in [0.29, 0.717) is 11.8 Å². The van der Waals surface area contributed by atoms with E-state index in [1.807, 2.05) is 26.7 Å². The summed E-state index contributed by atoms with van der Waals surface area (Å²) in [6.07, 6.45) is 3.74. The molecule has 0 unspecified atom stereocenters. The molecule has 2 heterocycles. The topological polar surface area (TPSA) is 35.6 Å². The van der Waals surface area contributed by atoms with Gasteiger partial charge in [0.15, 0.2) is 0 Å². The molecule has 0 aliphatic carbocycles. The Balaban J connectivity index is 0. The molecule has 2 radical (unpaired) electrons. The summed E-state index contributed by atoms with van der Waals surface area (Å²) in [5.74, 6) is 1.10. The van der Waals surface area contributed by atoms with Crippen molar-refractivity contribution in [2.75, 3.05) is 0 Å². The number of hydrogen-bond acceptors (Lipinski definition) is 2. The minimum atomic E-state index is 0. The average molecular weight is 556 g/mol. The molecule has 2 aromatic carbocycles. The molecule has 0 bridgehead atoms. The molecule has 6 heteroatoms. The second-order valence-corrected chi connectivity index (χ2v) is 7.45. The first-order chi connectivity index (χ1) is 12.4. The fourth-order valence-corrected chi connectivity index (χ4v) is 3.36. The monoisotopic (exact) mass is 556 g/mol. The molecular weight excluding hydrogens is 522 g/mol. The normalized spacial score (nSPS) is 9.87. The number of aromatic nitrogens is 4. The van der Waals surface area contributed by atoms with Crippen molar-refractivity contribution in [1.29, 1.82) is 0 Å². The maximum atomic E-state index is 4.40. The van der Waals surface area contributed by atoms with Gasteiger partial charge in [-0.1, -0.05) is 52.0 Å². The Morgan fingerprint density at radius 1 is 0.700 bits per heavy atom. The zero-order valence-electron chi connectivity index (χ0n) is 19.7. The van der Waals surface area contributed by atoms with E-state index in [4.69, 9.17) is 0 Å². The van der Waals surface area contributed by atoms with Crippen LogP contribution in [-0.2, 0) is 79.5 Å². The predicted molar refractivity (Wildman–Crippen MR) is 122 cm³/mol. The van der Waals surface area contributed by atoms with Crippen LogP contribution in [0.15, 0.2) is 49.1 Å². The fraction of sp³-hybridized carbons (Fsp3) is 0.333. The van der Waals surface area contributed by atoms with Crippen LogP contribution in [0.2, 0.25) is 0 Å². The van der Waals surface area contributed by atoms with Gasteiger partial charge in [-0.05, 0) is 35.1 Å². The Bertz CT molecular complexity index is 1030. The number of rotatable bonds is 2. The van der Waals surface area contributed by atoms with E-state index >= 15 is 0 Å². The van der Waals surface area contributed by atoms with Crippen molar-refractivity contribution in [3.63, 3.8) is 0 Å². The predicted octanol–water partition coefficient (Wildman–Crippen LogP) is 6.29. The quantitative estimate of drug-likeness (QED) is 0.272. The SMILES string of the molecule is CC(C)c1cccc2c1ncn2C.CC(C)c1cccc2ncn(C)c12.[CH3-].[CH3-].[Y].[Y]. The summed E-state index contributed by atoms with van der Waals surface area (Å²) >= 11 is 0. The van der Waals surface area contributed by atoms with E-state index in [9.17, 15) is 0 Å². The molecule has 0 aliphatic rings. The van der Waals surface area contributed by atoms with Crippen LogP contribution >= 0.6 is 0 Å². The minimum Gasteiger partial charge on any atom is -0.358 e. The van der Waals surface area contributed by atoms with Crippen LogP contribution in [0.25, 0.3) is 22.1 Å². The number of aryl methyl sites for hydroxylation is 2. The molecule has 0 atom stereocenters. The smallest absolute Gasteiger partial charge is 0.0955 e. The molecule has 0 fully saturated rings. The van der Waals surface area contributed by atoms with Crippen LogP contribution in [0.1, 0.15) is 50.7 Å². The van der Waals surface area contributed by atoms with Gasteiger partial charge in [-0.25, -0.2) is 9.97 Å². The average Bonchev–Trinajstić information content (AvgIpc) is 3.19. The summed E-state index contributed by atoms with van der Waals surface area (Å²) in [7, 11) is 4.07. The van der Waals surface area contributed by atoms with Gasteiger partial charge in [0.2, 0.25) is 0 Å². The third-order valence-electron chi connectivity index (χ3n) is 4.80. The first-order valence-corrected chi connectivity index (χ1v) is 9.20. The second-order valence-electron chi connectivity index (χ2n) is 7.45. The number of fused-ring (bicyclic) bond motifs is 2. The molecule has 30 heavy (non-hydrogen) atoms. The van der Waals surface area contributed by atoms with Crippen molar-refractivity contribution in [2.24, 2.45) is 14.1 Å². The Kier molecular flexibility index (Phi) is 14.7. The summed E-state index contributed by atoms with van der Waals surface area (Å²) in [5.41, 5.74) is 7.41. The zero-order valence-corrected chi connectivity index (χ0v) is 25.4. The van der Waals surface area contributed by atoms with Crippen molar-refractivity contribution in [2.45, 2.75) is 39.5 Å². The molecule has 0 aliphatic heterocycles. The van der Waals surface area contributed by atoms with E-state index < -0.39 is 0 Å². The molecular formula is C24H34N4Y2-2. The largest absolute Gasteiger partial charge is 0.358 e. The molecule has 0 saturated heterocycles. The number of nitrogens with zero attached hydrogens (tertiary/aromatic N) is 4. The molecule has 158 valence electrons. The van der Waals surface area contributed by atoms with Crippen molar-refractivity contribution < 1.29 is 65.4 Å². The van der Waals surface area contributed by atoms with Gasteiger partial charge in [-0.2, -0.15) is 0 Å². The Hall–Kier alpha value is -0.412. The first kappa shape index (κ1) is 31.8. The van der Waals surface area contributed by atoms with Crippen molar-refractivity contribution >= 4 is 22.1 Å². The third-order valence-corrected chi connectivity index (χ3v) is 4.80. The Morgan fingerprint density at radius 2 is 1.23 bits per heavy atom. The molecule has 4 aromatic rings. The summed E-state index contributed by atoms with van der Waals surface area (Å²) in [6, 6.07) is 12.7. The Labute approximate surface area is 233 Å². The van der Waals surface area contributed by atoms with Gasteiger partial charge >= 0.3 is 0 Å². The van der Waals surface area contributed by atoms with Gasteiger partial charge in [0.1, 0.15) is 0 Å². The van der Waals surface area contributed by atoms with Gasteiger partial charge in [0, 0.05) is 79.5 Å². The maximum absolute atomic E-state index is 4.40. The molecule has 4 rings (SSSR count). The number of imidazole rings is 2. The van der Waals surface area contributed by atoms with Crippen LogP contribution in [0.3, 0.4) is 0 Å². The van der Waals surface area contributed by atoms with E-state index in [1.54, 1.807) is 0 Å². The zero-order chi connectivity index (χ0) is 18.8. The second kappa shape index (κ2) is 13.9. The standard InChI is InChI=1S/2C11H14N2.2CH3.2Y/c1-8(2)9-5-4-6-10-11(9)12-7-13(10)3;1-8(2)9-5-4-6-10-11(9)13(3)7-12-10;;;;/h2*4-8H,1-3H3;2*1H3;;/q;;2*-1;;. The Morgan fingerprint density at radius 3 is 1.83 bits per heavy atom. The number of para-hydroxylation sites is 2. The minimum absolute atomic E-state index is 0. The van der Waals surface area contributed by atoms with Crippen molar-refractivity contribution in [3.8, 4) is 0 Å². The number of hydrogen-bond donors (Lipinski definition) is 0. The summed E-state index contributed by atoms with van der Waals surface area (Å²) in [6.45, 7) is 8.82. The molecule has 0 saturated carbocycles. The first-order valence-electron chi connectivity index (χ1n) is 9.20. The van der Waals surface area contributed by atoms with Gasteiger partial charge in [-0.15, -0.1) is 0 Å². The molecule has 0 amide bonds. The van der Waals surface area contributed by atoms with Gasteiger partial charge in [0.05, 0.1) is 34.7 Å². The van der Waals surface area contributed by atoms with Crippen LogP contribution in [0.5, 0.6) is 0 Å². The summed E-state index contributed by atoms with van der Waals surface area (Å²) in [5, 5.41) is 0. The van der Waals surface area contributed by atoms with Gasteiger partial charge in [0.25, 0.3) is 0 Å². The third kappa shape index (κ3) is 6.79. The maximum Gasteiger partial charge on any atom is 0.0955 e. The van der Waals surface area contributed by atoms with Crippen molar-refractivity contribution in [3.05, 3.63) is 75.0 Å². The summed E-state index contributed by atoms with van der Waals surface area (Å²) < 4.78 is 4.14. The van der Waals surface area contributed by atoms with E-state index in [1.165, 1.54) is 22.2 Å². The van der Waals surface area contributed by atoms with Gasteiger partial charge in [-0.3, -0.25) is 0 Å². The van der Waals surface area contributed by atoms with Crippen LogP contribution in [0.4, 0.5) is 0 Å². The fourth-order valence-electron chi connectivity index (χ4n) is 3.36. The van der Waals surface area contributed by atoms with E-state index in [-0.39, 0.29) is 80.3 Å².